The molecule has 8 heteroatoms. The molecule has 2 aliphatic rings. The molecule has 1 aliphatic carbocycles. The van der Waals surface area contributed by atoms with Gasteiger partial charge in [0.25, 0.3) is 0 Å². The lowest BCUT2D eigenvalue weighted by Crippen LogP contribution is -2.48. The van der Waals surface area contributed by atoms with E-state index in [1.54, 1.807) is 18.2 Å². The second-order valence-electron chi connectivity index (χ2n) is 8.10. The van der Waals surface area contributed by atoms with Gasteiger partial charge in [-0.15, -0.1) is 0 Å². The van der Waals surface area contributed by atoms with Gasteiger partial charge in [-0.25, -0.2) is 14.8 Å². The first kappa shape index (κ1) is 20.9. The maximum Gasteiger partial charge on any atom is 0.433 e. The van der Waals surface area contributed by atoms with E-state index < -0.39 is 17.5 Å². The van der Waals surface area contributed by atoms with Crippen molar-refractivity contribution in [2.45, 2.75) is 51.0 Å². The zero-order valence-corrected chi connectivity index (χ0v) is 17.4. The SMILES string of the molecule is C[C@H]1CC[C@@H]2C[C@@H]1OO[C@@]2(C)/C=C/c1cc(C(F)(F)F)nc2c(Cl)cc(Cl)cc12. The van der Waals surface area contributed by atoms with Gasteiger partial charge in [-0.1, -0.05) is 36.2 Å². The Morgan fingerprint density at radius 1 is 1.21 bits per heavy atom. The topological polar surface area (TPSA) is 31.4 Å². The number of hydrogen-bond donors (Lipinski definition) is 0. The largest absolute Gasteiger partial charge is 0.433 e. The molecule has 29 heavy (non-hydrogen) atoms. The average molecular weight is 446 g/mol. The lowest BCUT2D eigenvalue weighted by atomic mass is 9.72. The molecule has 2 fully saturated rings. The van der Waals surface area contributed by atoms with Gasteiger partial charge in [0.05, 0.1) is 16.6 Å². The van der Waals surface area contributed by atoms with Crippen LogP contribution in [0.2, 0.25) is 10.0 Å². The van der Waals surface area contributed by atoms with Crippen molar-refractivity contribution in [3.8, 4) is 0 Å². The van der Waals surface area contributed by atoms with Crippen molar-refractivity contribution in [3.05, 3.63) is 45.6 Å². The molecule has 3 nitrogen and oxygen atoms in total. The van der Waals surface area contributed by atoms with E-state index in [0.29, 0.717) is 21.9 Å². The Hall–Kier alpha value is -1.34. The van der Waals surface area contributed by atoms with Crippen LogP contribution in [0.3, 0.4) is 0 Å². The normalized spacial score (nSPS) is 30.2. The fraction of sp³-hybridized carbons (Fsp3) is 0.476. The van der Waals surface area contributed by atoms with Gasteiger partial charge in [-0.05, 0) is 67.9 Å². The number of halogens is 5. The molecule has 156 valence electrons. The van der Waals surface area contributed by atoms with Gasteiger partial charge in [0.1, 0.15) is 11.3 Å². The minimum Gasteiger partial charge on any atom is -0.242 e. The maximum atomic E-state index is 13.4. The fourth-order valence-electron chi connectivity index (χ4n) is 4.15. The van der Waals surface area contributed by atoms with Crippen LogP contribution in [-0.4, -0.2) is 16.7 Å². The lowest BCUT2D eigenvalue weighted by Gasteiger charge is -2.46. The molecule has 0 unspecified atom stereocenters. The lowest BCUT2D eigenvalue weighted by molar-refractivity contribution is -0.421. The summed E-state index contributed by atoms with van der Waals surface area (Å²) in [6.45, 7) is 4.03. The predicted octanol–water partition coefficient (Wildman–Crippen LogP) is 7.10. The Balaban J connectivity index is 1.77. The second kappa shape index (κ2) is 7.41. The Kier molecular flexibility index (Phi) is 5.35. The van der Waals surface area contributed by atoms with Gasteiger partial charge in [-0.3, -0.25) is 0 Å². The van der Waals surface area contributed by atoms with Crippen molar-refractivity contribution in [2.75, 3.05) is 0 Å². The molecule has 0 amide bonds. The number of hydrogen-bond acceptors (Lipinski definition) is 3. The number of nitrogens with zero attached hydrogens (tertiary/aromatic N) is 1. The Morgan fingerprint density at radius 3 is 2.69 bits per heavy atom. The summed E-state index contributed by atoms with van der Waals surface area (Å²) < 4.78 is 40.1. The van der Waals surface area contributed by atoms with Gasteiger partial charge in [0, 0.05) is 10.4 Å². The molecule has 1 saturated carbocycles. The molecule has 4 atom stereocenters. The van der Waals surface area contributed by atoms with Crippen molar-refractivity contribution < 1.29 is 22.9 Å². The molecule has 1 aromatic heterocycles. The van der Waals surface area contributed by atoms with Crippen molar-refractivity contribution in [1.29, 1.82) is 0 Å². The third-order valence-corrected chi connectivity index (χ3v) is 6.54. The Bertz CT molecular complexity index is 979. The van der Waals surface area contributed by atoms with Gasteiger partial charge in [0.2, 0.25) is 0 Å². The molecule has 2 aromatic rings. The minimum absolute atomic E-state index is 0.0584. The molecule has 2 heterocycles. The zero-order chi connectivity index (χ0) is 21.0. The monoisotopic (exact) mass is 445 g/mol. The highest BCUT2D eigenvalue weighted by Gasteiger charge is 2.45. The summed E-state index contributed by atoms with van der Waals surface area (Å²) in [4.78, 5) is 15.0. The van der Waals surface area contributed by atoms with Crippen LogP contribution in [0.1, 0.15) is 44.4 Å². The molecule has 1 aliphatic heterocycles. The van der Waals surface area contributed by atoms with E-state index >= 15 is 0 Å². The predicted molar refractivity (Wildman–Crippen MR) is 107 cm³/mol. The number of fused-ring (bicyclic) bond motifs is 3. The molecule has 0 radical (unpaired) electrons. The van der Waals surface area contributed by atoms with Crippen LogP contribution < -0.4 is 0 Å². The van der Waals surface area contributed by atoms with Crippen LogP contribution in [-0.2, 0) is 16.0 Å². The van der Waals surface area contributed by atoms with E-state index in [4.69, 9.17) is 33.0 Å². The maximum absolute atomic E-state index is 13.4. The summed E-state index contributed by atoms with van der Waals surface area (Å²) in [6, 6.07) is 3.95. The van der Waals surface area contributed by atoms with E-state index in [9.17, 15) is 13.2 Å². The smallest absolute Gasteiger partial charge is 0.242 e. The van der Waals surface area contributed by atoms with Crippen LogP contribution in [0.4, 0.5) is 13.2 Å². The van der Waals surface area contributed by atoms with Crippen molar-refractivity contribution in [3.63, 3.8) is 0 Å². The summed E-state index contributed by atoms with van der Waals surface area (Å²) in [5.41, 5.74) is -1.36. The fourth-order valence-corrected chi connectivity index (χ4v) is 4.68. The minimum atomic E-state index is -4.60. The molecule has 0 N–H and O–H groups in total. The van der Waals surface area contributed by atoms with Crippen LogP contribution in [0.15, 0.2) is 24.3 Å². The molecule has 2 bridgehead atoms. The third kappa shape index (κ3) is 4.00. The zero-order valence-electron chi connectivity index (χ0n) is 15.9. The number of rotatable bonds is 2. The van der Waals surface area contributed by atoms with Crippen molar-refractivity contribution >= 4 is 40.2 Å². The van der Waals surface area contributed by atoms with Gasteiger partial charge in [-0.2, -0.15) is 13.2 Å². The van der Waals surface area contributed by atoms with Crippen LogP contribution in [0.5, 0.6) is 0 Å². The van der Waals surface area contributed by atoms with E-state index in [0.717, 1.165) is 25.3 Å². The van der Waals surface area contributed by atoms with Gasteiger partial charge < -0.3 is 0 Å². The van der Waals surface area contributed by atoms with Crippen molar-refractivity contribution in [1.82, 2.24) is 4.98 Å². The second-order valence-corrected chi connectivity index (χ2v) is 8.94. The summed E-state index contributed by atoms with van der Waals surface area (Å²) in [5.74, 6) is 0.665. The molecule has 4 rings (SSSR count). The van der Waals surface area contributed by atoms with Gasteiger partial charge >= 0.3 is 6.18 Å². The van der Waals surface area contributed by atoms with E-state index in [2.05, 4.69) is 11.9 Å². The highest BCUT2D eigenvalue weighted by atomic mass is 35.5. The Labute approximate surface area is 176 Å². The molecular formula is C21H20Cl2F3NO2. The van der Waals surface area contributed by atoms with E-state index in [1.165, 1.54) is 6.07 Å². The average Bonchev–Trinajstić information content (AvgIpc) is 2.64. The van der Waals surface area contributed by atoms with Gasteiger partial charge in [0.15, 0.2) is 0 Å². The summed E-state index contributed by atoms with van der Waals surface area (Å²) in [5, 5.41) is 0.842. The number of aromatic nitrogens is 1. The molecular weight excluding hydrogens is 426 g/mol. The quantitative estimate of drug-likeness (QED) is 0.461. The first-order valence-electron chi connectivity index (χ1n) is 9.47. The Morgan fingerprint density at radius 2 is 1.97 bits per heavy atom. The highest BCUT2D eigenvalue weighted by Crippen LogP contribution is 2.44. The number of alkyl halides is 3. The highest BCUT2D eigenvalue weighted by molar-refractivity contribution is 6.38. The first-order valence-corrected chi connectivity index (χ1v) is 10.2. The first-order chi connectivity index (χ1) is 13.6. The number of pyridine rings is 1. The van der Waals surface area contributed by atoms with Crippen LogP contribution in [0.25, 0.3) is 17.0 Å². The molecule has 0 spiro atoms. The number of benzene rings is 1. The van der Waals surface area contributed by atoms with Crippen LogP contribution >= 0.6 is 23.2 Å². The third-order valence-electron chi connectivity index (χ3n) is 6.03. The van der Waals surface area contributed by atoms with E-state index in [1.807, 2.05) is 6.92 Å². The summed E-state index contributed by atoms with van der Waals surface area (Å²) >= 11 is 12.2. The summed E-state index contributed by atoms with van der Waals surface area (Å²) in [7, 11) is 0. The standard InChI is InChI=1S/C21H20Cl2F3NO2/c1-11-3-4-13-8-17(11)28-29-20(13,2)6-5-12-7-18(21(24,25)26)27-19-15(12)9-14(22)10-16(19)23/h5-7,9-11,13,17H,3-4,8H2,1-2H3/b6-5+/t11-,13+,17-,20-/m0/s1. The van der Waals surface area contributed by atoms with Crippen LogP contribution in [0, 0.1) is 11.8 Å². The van der Waals surface area contributed by atoms with Crippen molar-refractivity contribution in [2.24, 2.45) is 11.8 Å². The van der Waals surface area contributed by atoms with E-state index in [-0.39, 0.29) is 22.6 Å². The molecule has 1 aromatic carbocycles. The molecule has 1 saturated heterocycles. The summed E-state index contributed by atoms with van der Waals surface area (Å²) in [6.07, 6.45) is 1.73.